The van der Waals surface area contributed by atoms with E-state index in [0.717, 1.165) is 10.9 Å². The maximum Gasteiger partial charge on any atom is 0.356 e. The Morgan fingerprint density at radius 2 is 2.17 bits per heavy atom. The quantitative estimate of drug-likeness (QED) is 0.734. The number of benzene rings is 1. The molecule has 0 saturated heterocycles. The Hall–Kier alpha value is -2.76. The fourth-order valence-corrected chi connectivity index (χ4v) is 1.77. The number of hydrogen-bond donors (Lipinski definition) is 1. The Labute approximate surface area is 102 Å². The lowest BCUT2D eigenvalue weighted by Gasteiger charge is -2.04. The molecule has 88 valence electrons. The Balaban J connectivity index is 2.19. The van der Waals surface area contributed by atoms with Gasteiger partial charge in [0.2, 0.25) is 0 Å². The van der Waals surface area contributed by atoms with Crippen molar-refractivity contribution in [2.24, 2.45) is 0 Å². The molecule has 6 nitrogen and oxygen atoms in total. The van der Waals surface area contributed by atoms with Crippen LogP contribution in [0.15, 0.2) is 42.7 Å². The number of carboxylic acid groups (broad SMARTS) is 1. The van der Waals surface area contributed by atoms with Gasteiger partial charge in [0, 0.05) is 11.6 Å². The van der Waals surface area contributed by atoms with Crippen molar-refractivity contribution in [3.05, 3.63) is 48.4 Å². The third-order valence-electron chi connectivity index (χ3n) is 2.60. The van der Waals surface area contributed by atoms with E-state index in [1.54, 1.807) is 12.3 Å². The summed E-state index contributed by atoms with van der Waals surface area (Å²) in [4.78, 5) is 15.2. The number of nitrogens with zero attached hydrogens (tertiary/aromatic N) is 4. The minimum absolute atomic E-state index is 0.0261. The molecule has 0 aliphatic carbocycles. The Morgan fingerprint density at radius 3 is 3.00 bits per heavy atom. The van der Waals surface area contributed by atoms with Crippen molar-refractivity contribution in [3.63, 3.8) is 0 Å². The summed E-state index contributed by atoms with van der Waals surface area (Å²) in [5.74, 6) is -1.06. The number of carbonyl (C=O) groups is 1. The number of aromatic nitrogens is 4. The van der Waals surface area contributed by atoms with E-state index in [2.05, 4.69) is 15.3 Å². The van der Waals surface area contributed by atoms with Gasteiger partial charge in [0.25, 0.3) is 0 Å². The van der Waals surface area contributed by atoms with Crippen molar-refractivity contribution in [1.82, 2.24) is 20.0 Å². The molecule has 0 atom stereocenters. The van der Waals surface area contributed by atoms with Crippen LogP contribution in [0.5, 0.6) is 0 Å². The van der Waals surface area contributed by atoms with E-state index >= 15 is 0 Å². The second-order valence-electron chi connectivity index (χ2n) is 3.72. The monoisotopic (exact) mass is 240 g/mol. The zero-order chi connectivity index (χ0) is 12.5. The molecular weight excluding hydrogens is 232 g/mol. The average molecular weight is 240 g/mol. The summed E-state index contributed by atoms with van der Waals surface area (Å²) in [5.41, 5.74) is 1.52. The number of carboxylic acids is 1. The van der Waals surface area contributed by atoms with Gasteiger partial charge < -0.3 is 5.11 Å². The molecule has 0 saturated carbocycles. The molecule has 6 heteroatoms. The summed E-state index contributed by atoms with van der Waals surface area (Å²) < 4.78 is 1.29. The largest absolute Gasteiger partial charge is 0.476 e. The number of aromatic carboxylic acids is 1. The van der Waals surface area contributed by atoms with Crippen LogP contribution in [-0.4, -0.2) is 31.1 Å². The van der Waals surface area contributed by atoms with Gasteiger partial charge in [0.1, 0.15) is 0 Å². The van der Waals surface area contributed by atoms with Crippen LogP contribution in [0.1, 0.15) is 10.5 Å². The molecular formula is C12H8N4O2. The number of rotatable bonds is 2. The van der Waals surface area contributed by atoms with Crippen LogP contribution in [-0.2, 0) is 0 Å². The van der Waals surface area contributed by atoms with E-state index in [9.17, 15) is 4.79 Å². The second kappa shape index (κ2) is 3.92. The predicted octanol–water partition coefficient (Wildman–Crippen LogP) is 1.51. The summed E-state index contributed by atoms with van der Waals surface area (Å²) in [6.07, 6.45) is 2.93. The summed E-state index contributed by atoms with van der Waals surface area (Å²) in [6.45, 7) is 0. The topological polar surface area (TPSA) is 80.9 Å². The summed E-state index contributed by atoms with van der Waals surface area (Å²) in [7, 11) is 0. The zero-order valence-electron chi connectivity index (χ0n) is 9.19. The van der Waals surface area contributed by atoms with Crippen LogP contribution >= 0.6 is 0 Å². The molecule has 0 fully saturated rings. The van der Waals surface area contributed by atoms with Crippen molar-refractivity contribution >= 4 is 16.9 Å². The molecule has 0 spiro atoms. The average Bonchev–Trinajstić information content (AvgIpc) is 2.87. The summed E-state index contributed by atoms with van der Waals surface area (Å²) in [6, 6.07) is 9.13. The van der Waals surface area contributed by atoms with Gasteiger partial charge in [-0.25, -0.2) is 9.48 Å². The van der Waals surface area contributed by atoms with Crippen molar-refractivity contribution in [3.8, 4) is 5.69 Å². The van der Waals surface area contributed by atoms with Crippen LogP contribution in [0.3, 0.4) is 0 Å². The highest BCUT2D eigenvalue weighted by Crippen LogP contribution is 2.17. The molecule has 18 heavy (non-hydrogen) atoms. The van der Waals surface area contributed by atoms with Crippen molar-refractivity contribution < 1.29 is 9.90 Å². The van der Waals surface area contributed by atoms with Crippen LogP contribution in [0.4, 0.5) is 0 Å². The van der Waals surface area contributed by atoms with Crippen LogP contribution in [0, 0.1) is 0 Å². The lowest BCUT2D eigenvalue weighted by Crippen LogP contribution is -2.07. The highest BCUT2D eigenvalue weighted by molar-refractivity contribution is 5.86. The van der Waals surface area contributed by atoms with Crippen LogP contribution in [0.25, 0.3) is 16.6 Å². The molecule has 0 bridgehead atoms. The van der Waals surface area contributed by atoms with E-state index in [4.69, 9.17) is 5.11 Å². The first-order chi connectivity index (χ1) is 8.75. The lowest BCUT2D eigenvalue weighted by molar-refractivity contribution is 0.0687. The fraction of sp³-hybridized carbons (Fsp3) is 0. The molecule has 0 unspecified atom stereocenters. The Bertz CT molecular complexity index is 736. The number of fused-ring (bicyclic) bond motifs is 1. The summed E-state index contributed by atoms with van der Waals surface area (Å²) in [5, 5.41) is 17.3. The zero-order valence-corrected chi connectivity index (χ0v) is 9.19. The number of pyridine rings is 1. The summed E-state index contributed by atoms with van der Waals surface area (Å²) >= 11 is 0. The molecule has 0 aliphatic rings. The van der Waals surface area contributed by atoms with Gasteiger partial charge in [0.15, 0.2) is 5.69 Å². The molecule has 1 aromatic carbocycles. The first kappa shape index (κ1) is 10.4. The molecule has 0 amide bonds. The van der Waals surface area contributed by atoms with Gasteiger partial charge in [0.05, 0.1) is 17.4 Å². The second-order valence-corrected chi connectivity index (χ2v) is 3.72. The fourth-order valence-electron chi connectivity index (χ4n) is 1.77. The van der Waals surface area contributed by atoms with Gasteiger partial charge in [-0.2, -0.15) is 0 Å². The van der Waals surface area contributed by atoms with E-state index < -0.39 is 5.97 Å². The smallest absolute Gasteiger partial charge is 0.356 e. The van der Waals surface area contributed by atoms with E-state index in [1.807, 2.05) is 24.3 Å². The van der Waals surface area contributed by atoms with E-state index in [0.29, 0.717) is 5.69 Å². The highest BCUT2D eigenvalue weighted by atomic mass is 16.4. The predicted molar refractivity (Wildman–Crippen MR) is 63.6 cm³/mol. The Kier molecular flexibility index (Phi) is 2.26. The molecule has 3 aromatic rings. The molecule has 2 aromatic heterocycles. The van der Waals surface area contributed by atoms with Gasteiger partial charge in [-0.3, -0.25) is 4.98 Å². The first-order valence-electron chi connectivity index (χ1n) is 5.25. The lowest BCUT2D eigenvalue weighted by atomic mass is 10.2. The van der Waals surface area contributed by atoms with Crippen molar-refractivity contribution in [1.29, 1.82) is 0 Å². The third-order valence-corrected chi connectivity index (χ3v) is 2.60. The molecule has 0 radical (unpaired) electrons. The van der Waals surface area contributed by atoms with E-state index in [1.165, 1.54) is 10.9 Å². The van der Waals surface area contributed by atoms with Gasteiger partial charge in [-0.1, -0.05) is 11.3 Å². The first-order valence-corrected chi connectivity index (χ1v) is 5.25. The van der Waals surface area contributed by atoms with Gasteiger partial charge >= 0.3 is 5.97 Å². The minimum Gasteiger partial charge on any atom is -0.476 e. The normalized spacial score (nSPS) is 10.7. The molecule has 2 heterocycles. The SMILES string of the molecule is O=C(O)c1cnnn1-c1ccc2ncccc2c1. The van der Waals surface area contributed by atoms with Crippen LogP contribution in [0.2, 0.25) is 0 Å². The van der Waals surface area contributed by atoms with Gasteiger partial charge in [-0.05, 0) is 24.3 Å². The molecule has 1 N–H and O–H groups in total. The maximum absolute atomic E-state index is 11.0. The standard InChI is InChI=1S/C12H8N4O2/c17-12(18)11-7-14-15-16(11)9-3-4-10-8(6-9)2-1-5-13-10/h1-7H,(H,17,18). The van der Waals surface area contributed by atoms with Crippen molar-refractivity contribution in [2.75, 3.05) is 0 Å². The van der Waals surface area contributed by atoms with Crippen molar-refractivity contribution in [2.45, 2.75) is 0 Å². The highest BCUT2D eigenvalue weighted by Gasteiger charge is 2.13. The Morgan fingerprint density at radius 1 is 1.28 bits per heavy atom. The van der Waals surface area contributed by atoms with Crippen LogP contribution < -0.4 is 0 Å². The minimum atomic E-state index is -1.06. The van der Waals surface area contributed by atoms with E-state index in [-0.39, 0.29) is 5.69 Å². The van der Waals surface area contributed by atoms with Gasteiger partial charge in [-0.15, -0.1) is 5.10 Å². The molecule has 0 aliphatic heterocycles. The third kappa shape index (κ3) is 1.60. The molecule has 3 rings (SSSR count). The maximum atomic E-state index is 11.0. The number of hydrogen-bond acceptors (Lipinski definition) is 4.